The number of para-hydroxylation sites is 4. The van der Waals surface area contributed by atoms with Crippen LogP contribution in [0.15, 0.2) is 152 Å². The first kappa shape index (κ1) is 25.6. The van der Waals surface area contributed by atoms with Crippen LogP contribution in [0.2, 0.25) is 0 Å². The maximum atomic E-state index is 5.07. The molecule has 11 aromatic rings. The lowest BCUT2D eigenvalue weighted by Crippen LogP contribution is -1.93. The lowest BCUT2D eigenvalue weighted by Gasteiger charge is -2.13. The summed E-state index contributed by atoms with van der Waals surface area (Å²) in [6, 6.07) is 49.7. The molecule has 0 aliphatic rings. The van der Waals surface area contributed by atoms with Crippen LogP contribution in [-0.4, -0.2) is 23.8 Å². The van der Waals surface area contributed by atoms with Crippen molar-refractivity contribution in [1.29, 1.82) is 0 Å². The highest BCUT2D eigenvalue weighted by Crippen LogP contribution is 2.37. The van der Waals surface area contributed by atoms with Crippen molar-refractivity contribution in [3.63, 3.8) is 0 Å². The summed E-state index contributed by atoms with van der Waals surface area (Å²) in [7, 11) is 0. The van der Waals surface area contributed by atoms with Gasteiger partial charge in [-0.1, -0.05) is 97.1 Å². The molecule has 5 nitrogen and oxygen atoms in total. The van der Waals surface area contributed by atoms with E-state index in [1.165, 1.54) is 21.5 Å². The average Bonchev–Trinajstić information content (AvgIpc) is 3.75. The van der Waals surface area contributed by atoms with E-state index in [2.05, 4.69) is 148 Å². The summed E-state index contributed by atoms with van der Waals surface area (Å²) in [5.74, 6) is 0. The summed E-state index contributed by atoms with van der Waals surface area (Å²) < 4.78 is 4.62. The first-order chi connectivity index (χ1) is 23.8. The molecule has 0 bridgehead atoms. The van der Waals surface area contributed by atoms with Crippen molar-refractivity contribution in [3.05, 3.63) is 152 Å². The van der Waals surface area contributed by atoms with Gasteiger partial charge in [0, 0.05) is 45.1 Å². The van der Waals surface area contributed by atoms with E-state index in [0.717, 1.165) is 77.4 Å². The van der Waals surface area contributed by atoms with Gasteiger partial charge < -0.3 is 0 Å². The summed E-state index contributed by atoms with van der Waals surface area (Å²) >= 11 is 0. The van der Waals surface area contributed by atoms with Crippen molar-refractivity contribution in [2.45, 2.75) is 0 Å². The number of aromatic nitrogens is 5. The van der Waals surface area contributed by atoms with Crippen molar-refractivity contribution in [1.82, 2.24) is 23.8 Å². The monoisotopic (exact) mass is 611 g/mol. The Bertz CT molecular complexity index is 2920. The molecule has 0 amide bonds. The van der Waals surface area contributed by atoms with E-state index >= 15 is 0 Å². The van der Waals surface area contributed by atoms with Crippen LogP contribution in [0, 0.1) is 0 Å². The molecule has 0 saturated heterocycles. The van der Waals surface area contributed by atoms with Crippen molar-refractivity contribution in [2.75, 3.05) is 0 Å². The molecule has 222 valence electrons. The fourth-order valence-electron chi connectivity index (χ4n) is 7.73. The first-order valence-electron chi connectivity index (χ1n) is 16.2. The van der Waals surface area contributed by atoms with Crippen molar-refractivity contribution >= 4 is 76.7 Å². The third-order valence-corrected chi connectivity index (χ3v) is 9.92. The van der Waals surface area contributed by atoms with Gasteiger partial charge in [0.15, 0.2) is 0 Å². The molecule has 6 aromatic carbocycles. The third-order valence-electron chi connectivity index (χ3n) is 9.92. The van der Waals surface area contributed by atoms with E-state index in [1.54, 1.807) is 0 Å². The third kappa shape index (κ3) is 3.47. The summed E-state index contributed by atoms with van der Waals surface area (Å²) in [6.45, 7) is 0. The van der Waals surface area contributed by atoms with Crippen LogP contribution in [0.4, 0.5) is 0 Å². The SMILES string of the molecule is c1ccc2c(c1)nc1c3ccccc3c3ccc(-c4cncc(-c5ccc6c7ccccc7c7nc8ccccc8n7c6c5)c4)cc3n21. The fraction of sp³-hybridized carbons (Fsp3) is 0. The van der Waals surface area contributed by atoms with Gasteiger partial charge in [0.2, 0.25) is 0 Å². The lowest BCUT2D eigenvalue weighted by atomic mass is 9.98. The van der Waals surface area contributed by atoms with E-state index in [4.69, 9.17) is 15.0 Å². The number of hydrogen-bond acceptors (Lipinski definition) is 3. The summed E-state index contributed by atoms with van der Waals surface area (Å²) in [5.41, 5.74) is 12.8. The second-order valence-corrected chi connectivity index (χ2v) is 12.5. The van der Waals surface area contributed by atoms with Gasteiger partial charge in [0.25, 0.3) is 0 Å². The Morgan fingerprint density at radius 3 is 1.27 bits per heavy atom. The number of hydrogen-bond donors (Lipinski definition) is 0. The molecule has 48 heavy (non-hydrogen) atoms. The number of rotatable bonds is 2. The number of benzene rings is 6. The molecular formula is C43H25N5. The van der Waals surface area contributed by atoms with Crippen LogP contribution in [0.1, 0.15) is 0 Å². The van der Waals surface area contributed by atoms with Gasteiger partial charge >= 0.3 is 0 Å². The van der Waals surface area contributed by atoms with Crippen LogP contribution in [0.5, 0.6) is 0 Å². The molecule has 0 N–H and O–H groups in total. The minimum atomic E-state index is 0.977. The molecule has 0 fully saturated rings. The van der Waals surface area contributed by atoms with Gasteiger partial charge in [-0.3, -0.25) is 13.8 Å². The molecular weight excluding hydrogens is 587 g/mol. The Balaban J connectivity index is 1.13. The maximum absolute atomic E-state index is 5.07. The van der Waals surface area contributed by atoms with Gasteiger partial charge in [0.05, 0.1) is 33.1 Å². The summed E-state index contributed by atoms with van der Waals surface area (Å²) in [4.78, 5) is 14.9. The topological polar surface area (TPSA) is 47.5 Å². The van der Waals surface area contributed by atoms with E-state index < -0.39 is 0 Å². The van der Waals surface area contributed by atoms with Crippen LogP contribution in [-0.2, 0) is 0 Å². The van der Waals surface area contributed by atoms with Gasteiger partial charge in [-0.2, -0.15) is 0 Å². The molecule has 0 aliphatic carbocycles. The van der Waals surface area contributed by atoms with Gasteiger partial charge in [-0.25, -0.2) is 9.97 Å². The normalized spacial score (nSPS) is 12.2. The van der Waals surface area contributed by atoms with E-state index in [1.807, 2.05) is 12.4 Å². The Hall–Kier alpha value is -6.59. The largest absolute Gasteiger partial charge is 0.292 e. The zero-order chi connectivity index (χ0) is 31.3. The first-order valence-corrected chi connectivity index (χ1v) is 16.2. The van der Waals surface area contributed by atoms with Crippen molar-refractivity contribution in [2.24, 2.45) is 0 Å². The quantitative estimate of drug-likeness (QED) is 0.183. The minimum Gasteiger partial charge on any atom is -0.292 e. The molecule has 0 spiro atoms. The zero-order valence-corrected chi connectivity index (χ0v) is 25.7. The van der Waals surface area contributed by atoms with E-state index in [9.17, 15) is 0 Å². The number of fused-ring (bicyclic) bond motifs is 16. The molecule has 0 unspecified atom stereocenters. The number of pyridine rings is 3. The number of imidazole rings is 2. The summed E-state index contributed by atoms with van der Waals surface area (Å²) in [6.07, 6.45) is 3.93. The molecule has 0 atom stereocenters. The Kier molecular flexibility index (Phi) is 5.05. The molecule has 0 aliphatic heterocycles. The molecule has 5 heteroatoms. The Morgan fingerprint density at radius 1 is 0.333 bits per heavy atom. The second-order valence-electron chi connectivity index (χ2n) is 12.5. The van der Waals surface area contributed by atoms with E-state index in [0.29, 0.717) is 0 Å². The Morgan fingerprint density at radius 2 is 0.771 bits per heavy atom. The van der Waals surface area contributed by atoms with Crippen LogP contribution >= 0.6 is 0 Å². The van der Waals surface area contributed by atoms with Gasteiger partial charge in [-0.05, 0) is 64.4 Å². The van der Waals surface area contributed by atoms with Crippen LogP contribution in [0.3, 0.4) is 0 Å². The van der Waals surface area contributed by atoms with Gasteiger partial charge in [-0.15, -0.1) is 0 Å². The average molecular weight is 612 g/mol. The molecule has 0 radical (unpaired) electrons. The minimum absolute atomic E-state index is 0.977. The lowest BCUT2D eigenvalue weighted by molar-refractivity contribution is 1.30. The Labute approximate surface area is 274 Å². The predicted octanol–water partition coefficient (Wildman–Crippen LogP) is 10.6. The standard InChI is InChI=1S/C43H25N5/c1-3-11-34-30(9-1)32-19-17-26(22-40(32)47-38-15-7-5-13-36(38)45-42(34)47)28-21-29(25-44-24-28)27-18-20-33-31-10-2-4-12-35(31)43-46-37-14-6-8-16-39(37)48(43)41(33)23-27/h1-25H. The van der Waals surface area contributed by atoms with E-state index in [-0.39, 0.29) is 0 Å². The fourth-order valence-corrected chi connectivity index (χ4v) is 7.73. The van der Waals surface area contributed by atoms with Crippen LogP contribution in [0.25, 0.3) is 99.0 Å². The highest BCUT2D eigenvalue weighted by Gasteiger charge is 2.16. The van der Waals surface area contributed by atoms with Crippen molar-refractivity contribution in [3.8, 4) is 22.3 Å². The highest BCUT2D eigenvalue weighted by atomic mass is 15.0. The van der Waals surface area contributed by atoms with Crippen molar-refractivity contribution < 1.29 is 0 Å². The predicted molar refractivity (Wildman–Crippen MR) is 198 cm³/mol. The molecule has 5 aromatic heterocycles. The zero-order valence-electron chi connectivity index (χ0n) is 25.7. The highest BCUT2D eigenvalue weighted by molar-refractivity contribution is 6.15. The molecule has 5 heterocycles. The summed E-state index contributed by atoms with van der Waals surface area (Å²) in [5, 5.41) is 7.12. The maximum Gasteiger partial charge on any atom is 0.146 e. The number of nitrogens with zero attached hydrogens (tertiary/aromatic N) is 5. The molecule has 0 saturated carbocycles. The smallest absolute Gasteiger partial charge is 0.146 e. The van der Waals surface area contributed by atoms with Crippen LogP contribution < -0.4 is 0 Å². The molecule has 11 rings (SSSR count). The van der Waals surface area contributed by atoms with Gasteiger partial charge in [0.1, 0.15) is 11.3 Å². The second kappa shape index (κ2) is 9.47.